The molecular formula is C15H13BrN4O2S. The monoisotopic (exact) mass is 392 g/mol. The number of anilines is 1. The Morgan fingerprint density at radius 2 is 1.83 bits per heavy atom. The Labute approximate surface area is 141 Å². The van der Waals surface area contributed by atoms with Crippen LogP contribution < -0.4 is 10.5 Å². The maximum atomic E-state index is 11.2. The topological polar surface area (TPSA) is 98.0 Å². The zero-order valence-electron chi connectivity index (χ0n) is 11.9. The Morgan fingerprint density at radius 1 is 1.09 bits per heavy atom. The van der Waals surface area contributed by atoms with E-state index in [4.69, 9.17) is 5.14 Å². The lowest BCUT2D eigenvalue weighted by molar-refractivity contribution is 0.598. The molecule has 0 aliphatic heterocycles. The second-order valence-corrected chi connectivity index (χ2v) is 7.40. The van der Waals surface area contributed by atoms with Gasteiger partial charge in [-0.2, -0.15) is 0 Å². The fourth-order valence-electron chi connectivity index (χ4n) is 2.15. The largest absolute Gasteiger partial charge is 0.365 e. The quantitative estimate of drug-likeness (QED) is 0.710. The molecule has 3 rings (SSSR count). The molecule has 0 amide bonds. The number of rotatable bonds is 4. The number of halogens is 1. The van der Waals surface area contributed by atoms with Crippen LogP contribution in [0.3, 0.4) is 0 Å². The van der Waals surface area contributed by atoms with Crippen LogP contribution in [0.25, 0.3) is 10.9 Å². The van der Waals surface area contributed by atoms with Gasteiger partial charge in [0.15, 0.2) is 0 Å². The van der Waals surface area contributed by atoms with Gasteiger partial charge in [0, 0.05) is 16.4 Å². The molecular weight excluding hydrogens is 380 g/mol. The first-order chi connectivity index (χ1) is 10.9. The summed E-state index contributed by atoms with van der Waals surface area (Å²) in [6.07, 6.45) is 1.50. The van der Waals surface area contributed by atoms with E-state index in [2.05, 4.69) is 31.2 Å². The molecule has 0 bridgehead atoms. The van der Waals surface area contributed by atoms with Crippen LogP contribution in [0, 0.1) is 0 Å². The SMILES string of the molecule is NS(=O)(=O)c1ccc(CNc2ncnc3ccc(Br)cc23)cc1. The molecule has 0 spiro atoms. The summed E-state index contributed by atoms with van der Waals surface area (Å²) in [6, 6.07) is 12.2. The van der Waals surface area contributed by atoms with E-state index in [1.807, 2.05) is 18.2 Å². The van der Waals surface area contributed by atoms with E-state index in [0.29, 0.717) is 12.4 Å². The molecule has 0 saturated heterocycles. The van der Waals surface area contributed by atoms with Crippen LogP contribution in [0.4, 0.5) is 5.82 Å². The summed E-state index contributed by atoms with van der Waals surface area (Å²) in [5.41, 5.74) is 1.76. The van der Waals surface area contributed by atoms with E-state index >= 15 is 0 Å². The molecule has 23 heavy (non-hydrogen) atoms. The molecule has 1 heterocycles. The van der Waals surface area contributed by atoms with Gasteiger partial charge in [0.1, 0.15) is 12.1 Å². The van der Waals surface area contributed by atoms with Gasteiger partial charge in [-0.25, -0.2) is 23.5 Å². The lowest BCUT2D eigenvalue weighted by Crippen LogP contribution is -2.12. The zero-order valence-corrected chi connectivity index (χ0v) is 14.3. The van der Waals surface area contributed by atoms with Crippen LogP contribution in [0.2, 0.25) is 0 Å². The predicted octanol–water partition coefficient (Wildman–Crippen LogP) is 2.65. The van der Waals surface area contributed by atoms with Gasteiger partial charge < -0.3 is 5.32 Å². The summed E-state index contributed by atoms with van der Waals surface area (Å²) in [6.45, 7) is 0.503. The Bertz CT molecular complexity index is 959. The number of hydrogen-bond donors (Lipinski definition) is 2. The normalized spacial score (nSPS) is 11.6. The molecule has 3 N–H and O–H groups in total. The molecule has 0 radical (unpaired) electrons. The van der Waals surface area contributed by atoms with Crippen LogP contribution in [-0.4, -0.2) is 18.4 Å². The number of nitrogens with two attached hydrogens (primary N) is 1. The third-order valence-corrected chi connectivity index (χ3v) is 4.73. The number of nitrogens with zero attached hydrogens (tertiary/aromatic N) is 2. The molecule has 0 aliphatic rings. The lowest BCUT2D eigenvalue weighted by atomic mass is 10.2. The maximum Gasteiger partial charge on any atom is 0.238 e. The van der Waals surface area contributed by atoms with E-state index < -0.39 is 10.0 Å². The summed E-state index contributed by atoms with van der Waals surface area (Å²) < 4.78 is 23.4. The Kier molecular flexibility index (Phi) is 4.29. The fourth-order valence-corrected chi connectivity index (χ4v) is 3.03. The van der Waals surface area contributed by atoms with Gasteiger partial charge >= 0.3 is 0 Å². The minimum absolute atomic E-state index is 0.0951. The molecule has 3 aromatic rings. The van der Waals surface area contributed by atoms with Crippen molar-refractivity contribution in [2.75, 3.05) is 5.32 Å². The first kappa shape index (κ1) is 15.9. The summed E-state index contributed by atoms with van der Waals surface area (Å²) in [5, 5.41) is 9.23. The molecule has 2 aromatic carbocycles. The molecule has 6 nitrogen and oxygen atoms in total. The van der Waals surface area contributed by atoms with E-state index in [1.165, 1.54) is 18.5 Å². The highest BCUT2D eigenvalue weighted by Crippen LogP contribution is 2.23. The van der Waals surface area contributed by atoms with E-state index in [1.54, 1.807) is 12.1 Å². The Morgan fingerprint density at radius 3 is 2.52 bits per heavy atom. The first-order valence-corrected chi connectivity index (χ1v) is 9.03. The summed E-state index contributed by atoms with van der Waals surface area (Å²) >= 11 is 3.44. The number of primary sulfonamides is 1. The van der Waals surface area contributed by atoms with Gasteiger partial charge in [-0.3, -0.25) is 0 Å². The summed E-state index contributed by atoms with van der Waals surface area (Å²) in [4.78, 5) is 8.58. The maximum absolute atomic E-state index is 11.2. The lowest BCUT2D eigenvalue weighted by Gasteiger charge is -2.09. The third kappa shape index (κ3) is 3.66. The highest BCUT2D eigenvalue weighted by molar-refractivity contribution is 9.10. The second-order valence-electron chi connectivity index (χ2n) is 4.93. The predicted molar refractivity (Wildman–Crippen MR) is 92.4 cm³/mol. The number of benzene rings is 2. The number of sulfonamides is 1. The van der Waals surface area contributed by atoms with Crippen molar-refractivity contribution >= 4 is 42.7 Å². The van der Waals surface area contributed by atoms with Crippen molar-refractivity contribution in [3.63, 3.8) is 0 Å². The molecule has 0 fully saturated rings. The minimum atomic E-state index is -3.67. The summed E-state index contributed by atoms with van der Waals surface area (Å²) in [5.74, 6) is 0.715. The number of hydrogen-bond acceptors (Lipinski definition) is 5. The van der Waals surface area contributed by atoms with Crippen LogP contribution in [0.5, 0.6) is 0 Å². The van der Waals surface area contributed by atoms with Crippen molar-refractivity contribution in [3.8, 4) is 0 Å². The number of fused-ring (bicyclic) bond motifs is 1. The van der Waals surface area contributed by atoms with Crippen molar-refractivity contribution in [2.24, 2.45) is 5.14 Å². The van der Waals surface area contributed by atoms with Gasteiger partial charge in [0.2, 0.25) is 10.0 Å². The van der Waals surface area contributed by atoms with Gasteiger partial charge in [0.25, 0.3) is 0 Å². The molecule has 0 saturated carbocycles. The van der Waals surface area contributed by atoms with Crippen molar-refractivity contribution in [3.05, 3.63) is 58.8 Å². The van der Waals surface area contributed by atoms with Crippen molar-refractivity contribution in [2.45, 2.75) is 11.4 Å². The molecule has 8 heteroatoms. The van der Waals surface area contributed by atoms with E-state index in [9.17, 15) is 8.42 Å². The minimum Gasteiger partial charge on any atom is -0.365 e. The number of aromatic nitrogens is 2. The molecule has 0 atom stereocenters. The molecule has 0 unspecified atom stereocenters. The van der Waals surface area contributed by atoms with Gasteiger partial charge in [0.05, 0.1) is 10.4 Å². The van der Waals surface area contributed by atoms with E-state index in [-0.39, 0.29) is 4.90 Å². The molecule has 1 aromatic heterocycles. The van der Waals surface area contributed by atoms with Gasteiger partial charge in [-0.05, 0) is 35.9 Å². The fraction of sp³-hybridized carbons (Fsp3) is 0.0667. The highest BCUT2D eigenvalue weighted by atomic mass is 79.9. The third-order valence-electron chi connectivity index (χ3n) is 3.31. The van der Waals surface area contributed by atoms with Crippen LogP contribution in [-0.2, 0) is 16.6 Å². The van der Waals surface area contributed by atoms with Crippen molar-refractivity contribution < 1.29 is 8.42 Å². The first-order valence-electron chi connectivity index (χ1n) is 6.69. The second kappa shape index (κ2) is 6.23. The molecule has 0 aliphatic carbocycles. The Balaban J connectivity index is 1.82. The molecule has 118 valence electrons. The van der Waals surface area contributed by atoms with Crippen molar-refractivity contribution in [1.82, 2.24) is 9.97 Å². The van der Waals surface area contributed by atoms with Crippen LogP contribution >= 0.6 is 15.9 Å². The standard InChI is InChI=1S/C15H13BrN4O2S/c16-11-3-6-14-13(7-11)15(20-9-19-14)18-8-10-1-4-12(5-2-10)23(17,21)22/h1-7,9H,8H2,(H2,17,21,22)(H,18,19,20). The van der Waals surface area contributed by atoms with Gasteiger partial charge in [-0.1, -0.05) is 28.1 Å². The summed E-state index contributed by atoms with van der Waals surface area (Å²) in [7, 11) is -3.67. The van der Waals surface area contributed by atoms with Crippen molar-refractivity contribution in [1.29, 1.82) is 0 Å². The highest BCUT2D eigenvalue weighted by Gasteiger charge is 2.07. The number of nitrogens with one attached hydrogen (secondary N) is 1. The smallest absolute Gasteiger partial charge is 0.238 e. The average molecular weight is 393 g/mol. The van der Waals surface area contributed by atoms with Crippen LogP contribution in [0.1, 0.15) is 5.56 Å². The van der Waals surface area contributed by atoms with E-state index in [0.717, 1.165) is 20.9 Å². The van der Waals surface area contributed by atoms with Gasteiger partial charge in [-0.15, -0.1) is 0 Å². The Hall–Kier alpha value is -2.03. The zero-order chi connectivity index (χ0) is 16.4. The van der Waals surface area contributed by atoms with Crippen LogP contribution in [0.15, 0.2) is 58.2 Å². The average Bonchev–Trinajstić information content (AvgIpc) is 2.52.